The Kier molecular flexibility index (Phi) is 6.41. The summed E-state index contributed by atoms with van der Waals surface area (Å²) in [4.78, 5) is 13.7. The molecule has 1 saturated heterocycles. The number of nitrogens with one attached hydrogen (secondary N) is 1. The molecule has 1 aromatic carbocycles. The van der Waals surface area contributed by atoms with Gasteiger partial charge in [-0.05, 0) is 69.0 Å². The molecule has 0 aliphatic carbocycles. The molecule has 1 aliphatic rings. The third-order valence-electron chi connectivity index (χ3n) is 6.09. The standard InChI is InChI=1S/C25H30N4O3/c1-25(2,31)24-20(22-6-3-4-16-29(22)26-24)14-17-28-15-5-7-21(28)19-11-8-18(9-12-19)10-13-23(30)27-32/h3-4,6,8-13,16,21,31-32H,5,7,14-15,17H2,1-2H3,(H,27,30)/t21-/m0/s1. The van der Waals surface area contributed by atoms with E-state index in [1.54, 1.807) is 25.4 Å². The molecular weight excluding hydrogens is 404 g/mol. The van der Waals surface area contributed by atoms with Gasteiger partial charge < -0.3 is 5.11 Å². The van der Waals surface area contributed by atoms with Crippen LogP contribution in [0.5, 0.6) is 0 Å². The van der Waals surface area contributed by atoms with E-state index in [1.807, 2.05) is 35.0 Å². The fraction of sp³-hybridized carbons (Fsp3) is 0.360. The van der Waals surface area contributed by atoms with E-state index in [0.717, 1.165) is 54.7 Å². The molecule has 0 radical (unpaired) electrons. The quantitative estimate of drug-likeness (QED) is 0.301. The number of hydroxylamine groups is 1. The normalized spacial score (nSPS) is 17.4. The van der Waals surface area contributed by atoms with Gasteiger partial charge >= 0.3 is 0 Å². The third-order valence-corrected chi connectivity index (χ3v) is 6.09. The van der Waals surface area contributed by atoms with Gasteiger partial charge in [0.25, 0.3) is 5.91 Å². The molecule has 1 aliphatic heterocycles. The lowest BCUT2D eigenvalue weighted by atomic mass is 9.97. The molecule has 168 valence electrons. The zero-order chi connectivity index (χ0) is 22.7. The Balaban J connectivity index is 1.50. The number of pyridine rings is 1. The lowest BCUT2D eigenvalue weighted by Gasteiger charge is -2.25. The van der Waals surface area contributed by atoms with E-state index in [0.29, 0.717) is 6.04 Å². The van der Waals surface area contributed by atoms with Gasteiger partial charge in [0, 0.05) is 30.4 Å². The maximum Gasteiger partial charge on any atom is 0.267 e. The van der Waals surface area contributed by atoms with Crippen molar-refractivity contribution >= 4 is 17.5 Å². The molecule has 3 N–H and O–H groups in total. The molecule has 1 atom stereocenters. The van der Waals surface area contributed by atoms with E-state index in [2.05, 4.69) is 28.2 Å². The van der Waals surface area contributed by atoms with Crippen LogP contribution in [0.4, 0.5) is 0 Å². The molecule has 7 nitrogen and oxygen atoms in total. The first kappa shape index (κ1) is 22.2. The monoisotopic (exact) mass is 434 g/mol. The number of nitrogens with zero attached hydrogens (tertiary/aromatic N) is 3. The highest BCUT2D eigenvalue weighted by Crippen LogP contribution is 2.33. The van der Waals surface area contributed by atoms with Crippen molar-refractivity contribution in [1.82, 2.24) is 20.0 Å². The predicted molar refractivity (Wildman–Crippen MR) is 123 cm³/mol. The van der Waals surface area contributed by atoms with Crippen molar-refractivity contribution in [1.29, 1.82) is 0 Å². The van der Waals surface area contributed by atoms with Crippen LogP contribution in [0.2, 0.25) is 0 Å². The van der Waals surface area contributed by atoms with Crippen molar-refractivity contribution in [3.63, 3.8) is 0 Å². The first-order valence-corrected chi connectivity index (χ1v) is 11.0. The first-order valence-electron chi connectivity index (χ1n) is 11.0. The summed E-state index contributed by atoms with van der Waals surface area (Å²) in [5, 5.41) is 23.9. The average Bonchev–Trinajstić information content (AvgIpc) is 3.40. The molecule has 3 aromatic rings. The van der Waals surface area contributed by atoms with Crippen LogP contribution in [-0.4, -0.2) is 43.8 Å². The molecule has 0 saturated carbocycles. The van der Waals surface area contributed by atoms with Crippen LogP contribution < -0.4 is 5.48 Å². The summed E-state index contributed by atoms with van der Waals surface area (Å²) in [5.74, 6) is -0.547. The van der Waals surface area contributed by atoms with Crippen LogP contribution in [0, 0.1) is 0 Å². The van der Waals surface area contributed by atoms with E-state index in [1.165, 1.54) is 11.6 Å². The van der Waals surface area contributed by atoms with Crippen molar-refractivity contribution < 1.29 is 15.1 Å². The van der Waals surface area contributed by atoms with Crippen LogP contribution in [0.25, 0.3) is 11.6 Å². The number of likely N-dealkylation sites (tertiary alicyclic amines) is 1. The van der Waals surface area contributed by atoms with E-state index in [-0.39, 0.29) is 0 Å². The number of aliphatic hydroxyl groups is 1. The molecule has 4 rings (SSSR count). The van der Waals surface area contributed by atoms with Crippen molar-refractivity contribution in [3.8, 4) is 0 Å². The number of hydrogen-bond acceptors (Lipinski definition) is 5. The first-order chi connectivity index (χ1) is 15.4. The van der Waals surface area contributed by atoms with Gasteiger partial charge in [-0.3, -0.25) is 14.9 Å². The lowest BCUT2D eigenvalue weighted by Crippen LogP contribution is -2.27. The molecular formula is C25H30N4O3. The molecule has 3 heterocycles. The van der Waals surface area contributed by atoms with Crippen molar-refractivity contribution in [2.45, 2.75) is 44.8 Å². The summed E-state index contributed by atoms with van der Waals surface area (Å²) < 4.78 is 1.85. The Morgan fingerprint density at radius 2 is 2.03 bits per heavy atom. The zero-order valence-electron chi connectivity index (χ0n) is 18.5. The molecule has 1 fully saturated rings. The van der Waals surface area contributed by atoms with Gasteiger partial charge in [0.05, 0.1) is 11.2 Å². The highest BCUT2D eigenvalue weighted by atomic mass is 16.5. The third kappa shape index (κ3) is 4.75. The fourth-order valence-corrected chi connectivity index (χ4v) is 4.55. The molecule has 2 aromatic heterocycles. The summed E-state index contributed by atoms with van der Waals surface area (Å²) in [5.41, 5.74) is 5.65. The van der Waals surface area contributed by atoms with Crippen molar-refractivity contribution in [2.24, 2.45) is 0 Å². The lowest BCUT2D eigenvalue weighted by molar-refractivity contribution is -0.124. The number of hydrogen-bond donors (Lipinski definition) is 3. The highest BCUT2D eigenvalue weighted by Gasteiger charge is 2.29. The number of carbonyl (C=O) groups excluding carboxylic acids is 1. The van der Waals surface area contributed by atoms with Gasteiger partial charge in [-0.2, -0.15) is 5.10 Å². The van der Waals surface area contributed by atoms with Crippen LogP contribution in [0.1, 0.15) is 55.1 Å². The largest absolute Gasteiger partial charge is 0.384 e. The minimum absolute atomic E-state index is 0.348. The minimum atomic E-state index is -0.998. The maximum absolute atomic E-state index is 11.2. The molecule has 32 heavy (non-hydrogen) atoms. The summed E-state index contributed by atoms with van der Waals surface area (Å²) >= 11 is 0. The second kappa shape index (κ2) is 9.24. The Bertz CT molecular complexity index is 1110. The molecule has 7 heteroatoms. The second-order valence-corrected chi connectivity index (χ2v) is 8.84. The van der Waals surface area contributed by atoms with Gasteiger partial charge in [0.15, 0.2) is 0 Å². The van der Waals surface area contributed by atoms with Gasteiger partial charge in [-0.1, -0.05) is 30.3 Å². The zero-order valence-corrected chi connectivity index (χ0v) is 18.5. The highest BCUT2D eigenvalue weighted by molar-refractivity contribution is 5.90. The van der Waals surface area contributed by atoms with E-state index < -0.39 is 11.5 Å². The molecule has 0 unspecified atom stereocenters. The average molecular weight is 435 g/mol. The topological polar surface area (TPSA) is 90.1 Å². The van der Waals surface area contributed by atoms with Gasteiger partial charge in [0.2, 0.25) is 0 Å². The molecule has 0 spiro atoms. The summed E-state index contributed by atoms with van der Waals surface area (Å²) in [7, 11) is 0. The Hall–Kier alpha value is -3.00. The second-order valence-electron chi connectivity index (χ2n) is 8.84. The summed E-state index contributed by atoms with van der Waals surface area (Å²) in [6, 6.07) is 14.6. The number of fused-ring (bicyclic) bond motifs is 1. The van der Waals surface area contributed by atoms with Crippen LogP contribution in [-0.2, 0) is 16.8 Å². The Labute approximate surface area is 187 Å². The number of rotatable bonds is 7. The van der Waals surface area contributed by atoms with Crippen LogP contribution in [0.15, 0.2) is 54.7 Å². The van der Waals surface area contributed by atoms with Crippen molar-refractivity contribution in [3.05, 3.63) is 77.1 Å². The van der Waals surface area contributed by atoms with Crippen LogP contribution >= 0.6 is 0 Å². The predicted octanol–water partition coefficient (Wildman–Crippen LogP) is 3.46. The number of benzene rings is 1. The Morgan fingerprint density at radius 1 is 1.25 bits per heavy atom. The summed E-state index contributed by atoms with van der Waals surface area (Å²) in [6.45, 7) is 5.51. The summed E-state index contributed by atoms with van der Waals surface area (Å²) in [6.07, 6.45) is 7.97. The SMILES string of the molecule is CC(C)(O)c1nn2ccccc2c1CCN1CCC[C@H]1c1ccc(C=CC(=O)NO)cc1. The Morgan fingerprint density at radius 3 is 2.75 bits per heavy atom. The molecule has 1 amide bonds. The smallest absolute Gasteiger partial charge is 0.267 e. The van der Waals surface area contributed by atoms with E-state index in [4.69, 9.17) is 5.21 Å². The molecule has 0 bridgehead atoms. The fourth-order valence-electron chi connectivity index (χ4n) is 4.55. The van der Waals surface area contributed by atoms with E-state index in [9.17, 15) is 9.90 Å². The maximum atomic E-state index is 11.2. The van der Waals surface area contributed by atoms with Gasteiger partial charge in [-0.15, -0.1) is 0 Å². The minimum Gasteiger partial charge on any atom is -0.384 e. The van der Waals surface area contributed by atoms with Gasteiger partial charge in [0.1, 0.15) is 5.60 Å². The van der Waals surface area contributed by atoms with E-state index >= 15 is 0 Å². The number of carbonyl (C=O) groups is 1. The van der Waals surface area contributed by atoms with Crippen LogP contribution in [0.3, 0.4) is 0 Å². The number of aromatic nitrogens is 2. The van der Waals surface area contributed by atoms with Crippen molar-refractivity contribution in [2.75, 3.05) is 13.1 Å². The van der Waals surface area contributed by atoms with Gasteiger partial charge in [-0.25, -0.2) is 10.00 Å². The number of amides is 1.